The van der Waals surface area contributed by atoms with Crippen LogP contribution >= 0.6 is 0 Å². The normalized spacial score (nSPS) is 16.8. The second-order valence-corrected chi connectivity index (χ2v) is 6.10. The second kappa shape index (κ2) is 6.91. The SMILES string of the molecule is O=C(Cn1cccnc1=O)N1CCC[C@H]1c1nc(-c2ccccc2)no1. The molecule has 0 unspecified atom stereocenters. The molecule has 3 heterocycles. The lowest BCUT2D eigenvalue weighted by atomic mass is 10.2. The van der Waals surface area contributed by atoms with Crippen LogP contribution in [0.25, 0.3) is 11.4 Å². The van der Waals surface area contributed by atoms with Gasteiger partial charge in [0.2, 0.25) is 17.6 Å². The highest BCUT2D eigenvalue weighted by atomic mass is 16.5. The van der Waals surface area contributed by atoms with Crippen molar-refractivity contribution in [3.63, 3.8) is 0 Å². The molecule has 1 amide bonds. The fraction of sp³-hybridized carbons (Fsp3) is 0.278. The number of likely N-dealkylation sites (tertiary alicyclic amines) is 1. The Balaban J connectivity index is 1.54. The lowest BCUT2D eigenvalue weighted by Crippen LogP contribution is -2.36. The zero-order valence-electron chi connectivity index (χ0n) is 14.0. The van der Waals surface area contributed by atoms with Crippen LogP contribution in [0.4, 0.5) is 0 Å². The molecule has 0 saturated carbocycles. The highest BCUT2D eigenvalue weighted by Crippen LogP contribution is 2.32. The van der Waals surface area contributed by atoms with Crippen LogP contribution in [0.1, 0.15) is 24.8 Å². The highest BCUT2D eigenvalue weighted by molar-refractivity contribution is 5.76. The van der Waals surface area contributed by atoms with Crippen molar-refractivity contribution in [2.24, 2.45) is 0 Å². The van der Waals surface area contributed by atoms with Gasteiger partial charge in [-0.05, 0) is 18.9 Å². The number of hydrogen-bond donors (Lipinski definition) is 0. The molecule has 8 nitrogen and oxygen atoms in total. The molecule has 0 aliphatic carbocycles. The fourth-order valence-electron chi connectivity index (χ4n) is 3.14. The molecule has 0 bridgehead atoms. The summed E-state index contributed by atoms with van der Waals surface area (Å²) >= 11 is 0. The Morgan fingerprint density at radius 2 is 2.08 bits per heavy atom. The maximum Gasteiger partial charge on any atom is 0.347 e. The number of hydrogen-bond acceptors (Lipinski definition) is 6. The summed E-state index contributed by atoms with van der Waals surface area (Å²) in [6.45, 7) is 0.546. The first-order valence-electron chi connectivity index (χ1n) is 8.42. The van der Waals surface area contributed by atoms with Gasteiger partial charge in [0.25, 0.3) is 0 Å². The monoisotopic (exact) mass is 351 g/mol. The van der Waals surface area contributed by atoms with Crippen LogP contribution in [0.5, 0.6) is 0 Å². The van der Waals surface area contributed by atoms with Crippen LogP contribution in [-0.2, 0) is 11.3 Å². The maximum atomic E-state index is 12.7. The molecule has 132 valence electrons. The van der Waals surface area contributed by atoms with Gasteiger partial charge in [0.05, 0.1) is 0 Å². The maximum absolute atomic E-state index is 12.7. The van der Waals surface area contributed by atoms with E-state index in [-0.39, 0.29) is 18.5 Å². The number of amides is 1. The highest BCUT2D eigenvalue weighted by Gasteiger charge is 2.34. The number of carbonyl (C=O) groups excluding carboxylic acids is 1. The van der Waals surface area contributed by atoms with Crippen molar-refractivity contribution in [1.82, 2.24) is 24.6 Å². The number of benzene rings is 1. The molecular weight excluding hydrogens is 334 g/mol. The third kappa shape index (κ3) is 3.13. The van der Waals surface area contributed by atoms with Crippen LogP contribution in [0.15, 0.2) is 58.1 Å². The number of carbonyl (C=O) groups is 1. The van der Waals surface area contributed by atoms with Crippen molar-refractivity contribution in [3.05, 3.63) is 65.2 Å². The molecule has 0 N–H and O–H groups in total. The average Bonchev–Trinajstić information content (AvgIpc) is 3.33. The molecule has 8 heteroatoms. The van der Waals surface area contributed by atoms with Crippen LogP contribution in [-0.4, -0.2) is 37.0 Å². The molecule has 2 aromatic heterocycles. The zero-order chi connectivity index (χ0) is 17.9. The predicted octanol–water partition coefficient (Wildman–Crippen LogP) is 1.66. The Bertz CT molecular complexity index is 966. The van der Waals surface area contributed by atoms with Crippen molar-refractivity contribution < 1.29 is 9.32 Å². The molecule has 1 aromatic carbocycles. The van der Waals surface area contributed by atoms with Crippen LogP contribution < -0.4 is 5.69 Å². The summed E-state index contributed by atoms with van der Waals surface area (Å²) in [6.07, 6.45) is 4.57. The van der Waals surface area contributed by atoms with Gasteiger partial charge in [-0.15, -0.1) is 0 Å². The van der Waals surface area contributed by atoms with Crippen LogP contribution in [0, 0.1) is 0 Å². The van der Waals surface area contributed by atoms with E-state index in [1.54, 1.807) is 17.2 Å². The topological polar surface area (TPSA) is 94.1 Å². The fourth-order valence-corrected chi connectivity index (χ4v) is 3.14. The Labute approximate surface area is 149 Å². The lowest BCUT2D eigenvalue weighted by Gasteiger charge is -2.22. The molecule has 1 atom stereocenters. The van der Waals surface area contributed by atoms with Crippen molar-refractivity contribution in [1.29, 1.82) is 0 Å². The summed E-state index contributed by atoms with van der Waals surface area (Å²) < 4.78 is 6.71. The quantitative estimate of drug-likeness (QED) is 0.709. The second-order valence-electron chi connectivity index (χ2n) is 6.10. The number of rotatable bonds is 4. The largest absolute Gasteiger partial charge is 0.347 e. The summed E-state index contributed by atoms with van der Waals surface area (Å²) in [6, 6.07) is 10.9. The molecule has 3 aromatic rings. The first kappa shape index (κ1) is 16.2. The van der Waals surface area contributed by atoms with Gasteiger partial charge in [-0.3, -0.25) is 9.36 Å². The molecule has 26 heavy (non-hydrogen) atoms. The molecule has 1 aliphatic heterocycles. The van der Waals surface area contributed by atoms with E-state index in [9.17, 15) is 9.59 Å². The smallest absolute Gasteiger partial charge is 0.337 e. The molecule has 4 rings (SSSR count). The van der Waals surface area contributed by atoms with E-state index in [1.807, 2.05) is 30.3 Å². The minimum Gasteiger partial charge on any atom is -0.337 e. The summed E-state index contributed by atoms with van der Waals surface area (Å²) in [5.74, 6) is 0.763. The average molecular weight is 351 g/mol. The molecule has 1 fully saturated rings. The third-order valence-electron chi connectivity index (χ3n) is 4.42. The van der Waals surface area contributed by atoms with Gasteiger partial charge < -0.3 is 9.42 Å². The van der Waals surface area contributed by atoms with Crippen molar-refractivity contribution >= 4 is 5.91 Å². The van der Waals surface area contributed by atoms with E-state index >= 15 is 0 Å². The van der Waals surface area contributed by atoms with Crippen LogP contribution in [0.2, 0.25) is 0 Å². The Morgan fingerprint density at radius 3 is 2.88 bits per heavy atom. The summed E-state index contributed by atoms with van der Waals surface area (Å²) in [7, 11) is 0. The van der Waals surface area contributed by atoms with Gasteiger partial charge >= 0.3 is 5.69 Å². The molecular formula is C18H17N5O3. The first-order valence-corrected chi connectivity index (χ1v) is 8.42. The molecule has 0 radical (unpaired) electrons. The first-order chi connectivity index (χ1) is 12.7. The summed E-state index contributed by atoms with van der Waals surface area (Å²) in [4.78, 5) is 34.2. The third-order valence-corrected chi connectivity index (χ3v) is 4.42. The van der Waals surface area contributed by atoms with Gasteiger partial charge in [0.1, 0.15) is 12.6 Å². The molecule has 1 saturated heterocycles. The van der Waals surface area contributed by atoms with E-state index in [0.717, 1.165) is 18.4 Å². The molecule has 0 spiro atoms. The Kier molecular flexibility index (Phi) is 4.30. The minimum atomic E-state index is -0.444. The van der Waals surface area contributed by atoms with E-state index in [4.69, 9.17) is 4.52 Å². The Hall–Kier alpha value is -3.29. The van der Waals surface area contributed by atoms with Crippen molar-refractivity contribution in [2.75, 3.05) is 6.54 Å². The number of nitrogens with zero attached hydrogens (tertiary/aromatic N) is 5. The summed E-state index contributed by atoms with van der Waals surface area (Å²) in [5, 5.41) is 4.03. The van der Waals surface area contributed by atoms with Gasteiger partial charge in [0.15, 0.2) is 0 Å². The van der Waals surface area contributed by atoms with E-state index in [0.29, 0.717) is 18.3 Å². The van der Waals surface area contributed by atoms with Crippen molar-refractivity contribution in [3.8, 4) is 11.4 Å². The van der Waals surface area contributed by atoms with Gasteiger partial charge in [-0.1, -0.05) is 35.5 Å². The minimum absolute atomic E-state index is 0.0527. The van der Waals surface area contributed by atoms with Crippen LogP contribution in [0.3, 0.4) is 0 Å². The van der Waals surface area contributed by atoms with E-state index in [2.05, 4.69) is 15.1 Å². The van der Waals surface area contributed by atoms with Gasteiger partial charge in [0, 0.05) is 24.5 Å². The van der Waals surface area contributed by atoms with Gasteiger partial charge in [-0.25, -0.2) is 9.78 Å². The molecule has 1 aliphatic rings. The van der Waals surface area contributed by atoms with E-state index in [1.165, 1.54) is 10.8 Å². The van der Waals surface area contributed by atoms with Crippen molar-refractivity contribution in [2.45, 2.75) is 25.4 Å². The predicted molar refractivity (Wildman–Crippen MR) is 91.9 cm³/mol. The number of aromatic nitrogens is 4. The van der Waals surface area contributed by atoms with E-state index < -0.39 is 5.69 Å². The standard InChI is InChI=1S/C18H17N5O3/c24-15(12-22-10-5-9-19-18(22)25)23-11-4-8-14(23)17-20-16(21-26-17)13-6-2-1-3-7-13/h1-3,5-7,9-10,14H,4,8,11-12H2/t14-/m0/s1. The zero-order valence-corrected chi connectivity index (χ0v) is 14.0. The van der Waals surface area contributed by atoms with Gasteiger partial charge in [-0.2, -0.15) is 4.98 Å². The summed E-state index contributed by atoms with van der Waals surface area (Å²) in [5.41, 5.74) is 0.418. The lowest BCUT2D eigenvalue weighted by molar-refractivity contribution is -0.133. The Morgan fingerprint density at radius 1 is 1.23 bits per heavy atom.